The van der Waals surface area contributed by atoms with E-state index in [4.69, 9.17) is 10.2 Å². The molecular weight excluding hydrogens is 266 g/mol. The molecule has 1 aromatic carbocycles. The van der Waals surface area contributed by atoms with Crippen LogP contribution in [0.25, 0.3) is 0 Å². The monoisotopic (exact) mass is 281 g/mol. The molecular formula is C12H15N3O3S. The molecule has 102 valence electrons. The van der Waals surface area contributed by atoms with Crippen LogP contribution >= 0.6 is 0 Å². The van der Waals surface area contributed by atoms with E-state index in [1.807, 2.05) is 19.1 Å². The molecule has 2 N–H and O–H groups in total. The van der Waals surface area contributed by atoms with Gasteiger partial charge in [0.1, 0.15) is 0 Å². The van der Waals surface area contributed by atoms with E-state index >= 15 is 0 Å². The van der Waals surface area contributed by atoms with E-state index in [1.165, 1.54) is 0 Å². The molecule has 0 aliphatic rings. The first-order valence-electron chi connectivity index (χ1n) is 5.82. The van der Waals surface area contributed by atoms with Gasteiger partial charge in [-0.3, -0.25) is 0 Å². The normalized spacial score (nSPS) is 11.7. The molecule has 0 atom stereocenters. The van der Waals surface area contributed by atoms with Crippen LogP contribution in [-0.4, -0.2) is 25.2 Å². The Kier molecular flexibility index (Phi) is 3.96. The number of hydrogen-bond acceptors (Lipinski definition) is 6. The molecule has 0 saturated heterocycles. The Labute approximate surface area is 111 Å². The maximum absolute atomic E-state index is 12.1. The summed E-state index contributed by atoms with van der Waals surface area (Å²) in [6.45, 7) is 2.27. The van der Waals surface area contributed by atoms with Gasteiger partial charge in [0.05, 0.1) is 5.75 Å². The highest BCUT2D eigenvalue weighted by molar-refractivity contribution is 7.90. The van der Waals surface area contributed by atoms with Gasteiger partial charge >= 0.3 is 5.22 Å². The van der Waals surface area contributed by atoms with E-state index in [9.17, 15) is 8.42 Å². The lowest BCUT2D eigenvalue weighted by Gasteiger charge is -2.00. The van der Waals surface area contributed by atoms with Crippen molar-refractivity contribution >= 4 is 9.84 Å². The van der Waals surface area contributed by atoms with Gasteiger partial charge in [-0.1, -0.05) is 34.9 Å². The first-order chi connectivity index (χ1) is 9.01. The zero-order valence-electron chi connectivity index (χ0n) is 10.5. The predicted octanol–water partition coefficient (Wildman–Crippen LogP) is 0.853. The summed E-state index contributed by atoms with van der Waals surface area (Å²) in [5, 5.41) is 6.86. The fourth-order valence-corrected chi connectivity index (χ4v) is 2.70. The number of nitrogens with two attached hydrogens (primary N) is 1. The maximum Gasteiger partial charge on any atom is 0.335 e. The molecule has 7 heteroatoms. The van der Waals surface area contributed by atoms with Gasteiger partial charge < -0.3 is 10.2 Å². The maximum atomic E-state index is 12.1. The van der Waals surface area contributed by atoms with Crippen molar-refractivity contribution in [3.63, 3.8) is 0 Å². The van der Waals surface area contributed by atoms with Crippen LogP contribution in [0.1, 0.15) is 17.0 Å². The van der Waals surface area contributed by atoms with Crippen molar-refractivity contribution in [2.24, 2.45) is 5.73 Å². The van der Waals surface area contributed by atoms with Gasteiger partial charge in [-0.2, -0.15) is 0 Å². The molecule has 0 saturated carbocycles. The van der Waals surface area contributed by atoms with Gasteiger partial charge in [-0.05, 0) is 12.5 Å². The SMILES string of the molecule is Cc1ccc(CS(=O)(=O)c2nnc(CCN)o2)cc1. The lowest BCUT2D eigenvalue weighted by Crippen LogP contribution is -2.05. The smallest absolute Gasteiger partial charge is 0.335 e. The average molecular weight is 281 g/mol. The number of nitrogens with zero attached hydrogens (tertiary/aromatic N) is 2. The molecule has 0 unspecified atom stereocenters. The van der Waals surface area contributed by atoms with Gasteiger partial charge in [0.2, 0.25) is 15.7 Å². The van der Waals surface area contributed by atoms with Crippen molar-refractivity contribution in [1.29, 1.82) is 0 Å². The van der Waals surface area contributed by atoms with Crippen LogP contribution in [0.15, 0.2) is 33.9 Å². The first-order valence-corrected chi connectivity index (χ1v) is 7.47. The van der Waals surface area contributed by atoms with Gasteiger partial charge in [0.25, 0.3) is 0 Å². The topological polar surface area (TPSA) is 99.1 Å². The van der Waals surface area contributed by atoms with E-state index in [0.29, 0.717) is 18.5 Å². The van der Waals surface area contributed by atoms with E-state index in [-0.39, 0.29) is 16.9 Å². The quantitative estimate of drug-likeness (QED) is 0.872. The molecule has 0 radical (unpaired) electrons. The van der Waals surface area contributed by atoms with Gasteiger partial charge in [-0.15, -0.1) is 5.10 Å². The molecule has 2 aromatic rings. The third-order valence-corrected chi connectivity index (χ3v) is 3.96. The third kappa shape index (κ3) is 3.39. The zero-order chi connectivity index (χ0) is 13.9. The highest BCUT2D eigenvalue weighted by Gasteiger charge is 2.22. The molecule has 0 spiro atoms. The summed E-state index contributed by atoms with van der Waals surface area (Å²) in [4.78, 5) is 0. The molecule has 0 fully saturated rings. The summed E-state index contributed by atoms with van der Waals surface area (Å²) in [7, 11) is -3.60. The van der Waals surface area contributed by atoms with Crippen molar-refractivity contribution in [2.75, 3.05) is 6.54 Å². The number of rotatable bonds is 5. The van der Waals surface area contributed by atoms with Crippen molar-refractivity contribution in [2.45, 2.75) is 24.3 Å². The number of aryl methyl sites for hydroxylation is 1. The highest BCUT2D eigenvalue weighted by Crippen LogP contribution is 2.15. The van der Waals surface area contributed by atoms with Crippen LogP contribution in [0, 0.1) is 6.92 Å². The number of aromatic nitrogens is 2. The Bertz CT molecular complexity index is 647. The minimum atomic E-state index is -3.60. The third-order valence-electron chi connectivity index (χ3n) is 2.55. The Morgan fingerprint density at radius 1 is 1.21 bits per heavy atom. The van der Waals surface area contributed by atoms with Crippen molar-refractivity contribution < 1.29 is 12.8 Å². The van der Waals surface area contributed by atoms with E-state index in [0.717, 1.165) is 5.56 Å². The second kappa shape index (κ2) is 5.50. The number of hydrogen-bond donors (Lipinski definition) is 1. The standard InChI is InChI=1S/C12H15N3O3S/c1-9-2-4-10(5-3-9)8-19(16,17)12-15-14-11(18-12)6-7-13/h2-5H,6-8,13H2,1H3. The Balaban J connectivity index is 2.19. The second-order valence-electron chi connectivity index (χ2n) is 4.25. The van der Waals surface area contributed by atoms with Crippen LogP contribution in [-0.2, 0) is 22.0 Å². The van der Waals surface area contributed by atoms with Crippen LogP contribution in [0.3, 0.4) is 0 Å². The molecule has 0 bridgehead atoms. The first kappa shape index (κ1) is 13.7. The molecule has 19 heavy (non-hydrogen) atoms. The summed E-state index contributed by atoms with van der Waals surface area (Å²) < 4.78 is 29.2. The van der Waals surface area contributed by atoms with E-state index in [2.05, 4.69) is 10.2 Å². The molecule has 0 amide bonds. The summed E-state index contributed by atoms with van der Waals surface area (Å²) in [6, 6.07) is 7.26. The number of benzene rings is 1. The Morgan fingerprint density at radius 3 is 2.53 bits per heavy atom. The largest absolute Gasteiger partial charge is 0.412 e. The Hall–Kier alpha value is -1.73. The van der Waals surface area contributed by atoms with Crippen molar-refractivity contribution in [3.05, 3.63) is 41.3 Å². The summed E-state index contributed by atoms with van der Waals surface area (Å²) in [5.74, 6) is 0.0855. The van der Waals surface area contributed by atoms with Crippen LogP contribution in [0.2, 0.25) is 0 Å². The predicted molar refractivity (Wildman–Crippen MR) is 69.1 cm³/mol. The number of sulfone groups is 1. The summed E-state index contributed by atoms with van der Waals surface area (Å²) in [6.07, 6.45) is 0.368. The summed E-state index contributed by atoms with van der Waals surface area (Å²) in [5.41, 5.74) is 7.10. The molecule has 6 nitrogen and oxygen atoms in total. The van der Waals surface area contributed by atoms with Crippen molar-refractivity contribution in [3.8, 4) is 0 Å². The molecule has 2 rings (SSSR count). The fraction of sp³-hybridized carbons (Fsp3) is 0.333. The molecule has 1 aromatic heterocycles. The van der Waals surface area contributed by atoms with Gasteiger partial charge in [0, 0.05) is 13.0 Å². The second-order valence-corrected chi connectivity index (χ2v) is 6.11. The molecule has 1 heterocycles. The fourth-order valence-electron chi connectivity index (χ4n) is 1.55. The van der Waals surface area contributed by atoms with E-state index in [1.54, 1.807) is 12.1 Å². The Morgan fingerprint density at radius 2 is 1.89 bits per heavy atom. The van der Waals surface area contributed by atoms with Crippen LogP contribution in [0.5, 0.6) is 0 Å². The van der Waals surface area contributed by atoms with Gasteiger partial charge in [0.15, 0.2) is 0 Å². The highest BCUT2D eigenvalue weighted by atomic mass is 32.2. The van der Waals surface area contributed by atoms with Crippen molar-refractivity contribution in [1.82, 2.24) is 10.2 Å². The van der Waals surface area contributed by atoms with Gasteiger partial charge in [-0.25, -0.2) is 8.42 Å². The zero-order valence-corrected chi connectivity index (χ0v) is 11.4. The average Bonchev–Trinajstić information content (AvgIpc) is 2.82. The minimum Gasteiger partial charge on any atom is -0.412 e. The summed E-state index contributed by atoms with van der Waals surface area (Å²) >= 11 is 0. The van der Waals surface area contributed by atoms with E-state index < -0.39 is 9.84 Å². The lowest BCUT2D eigenvalue weighted by atomic mass is 10.2. The molecule has 0 aliphatic heterocycles. The van der Waals surface area contributed by atoms with Crippen LogP contribution < -0.4 is 5.73 Å². The lowest BCUT2D eigenvalue weighted by molar-refractivity contribution is 0.397. The minimum absolute atomic E-state index is 0.155. The molecule has 0 aliphatic carbocycles. The van der Waals surface area contributed by atoms with Crippen LogP contribution in [0.4, 0.5) is 0 Å².